The summed E-state index contributed by atoms with van der Waals surface area (Å²) in [7, 11) is 0. The highest BCUT2D eigenvalue weighted by Gasteiger charge is 2.12. The van der Waals surface area contributed by atoms with E-state index in [-0.39, 0.29) is 0 Å². The molecule has 1 atom stereocenters. The van der Waals surface area contributed by atoms with Gasteiger partial charge >= 0.3 is 0 Å². The Labute approximate surface area is 77.1 Å². The van der Waals surface area contributed by atoms with E-state index in [0.717, 1.165) is 0 Å². The molecule has 2 rings (SSSR count). The summed E-state index contributed by atoms with van der Waals surface area (Å²) in [4.78, 5) is 2.87. The van der Waals surface area contributed by atoms with Crippen LogP contribution in [0.4, 0.5) is 0 Å². The summed E-state index contributed by atoms with van der Waals surface area (Å²) in [5, 5.41) is 3.38. The first kappa shape index (κ1) is 7.87. The lowest BCUT2D eigenvalue weighted by molar-refractivity contribution is 0.562. The van der Waals surface area contributed by atoms with E-state index in [1.807, 2.05) is 11.3 Å². The van der Waals surface area contributed by atoms with E-state index < -0.39 is 0 Å². The standard InChI is InChI=1S/C10H13NS/c1-8-5-6-10(12-8)9-4-2-3-7-11-9/h3,5-7,9,11H,2,4H2,1H3. The predicted octanol–water partition coefficient (Wildman–Crippen LogP) is 2.99. The van der Waals surface area contributed by atoms with Crippen LogP contribution in [0.1, 0.15) is 28.6 Å². The van der Waals surface area contributed by atoms with E-state index in [0.29, 0.717) is 6.04 Å². The molecule has 0 saturated heterocycles. The van der Waals surface area contributed by atoms with E-state index in [2.05, 4.69) is 36.6 Å². The highest BCUT2D eigenvalue weighted by Crippen LogP contribution is 2.27. The van der Waals surface area contributed by atoms with Gasteiger partial charge in [-0.05, 0) is 38.1 Å². The first-order chi connectivity index (χ1) is 5.86. The molecule has 0 bridgehead atoms. The third-order valence-corrected chi connectivity index (χ3v) is 3.26. The molecule has 1 aromatic heterocycles. The molecule has 1 unspecified atom stereocenters. The summed E-state index contributed by atoms with van der Waals surface area (Å²) in [5.41, 5.74) is 0. The fourth-order valence-electron chi connectivity index (χ4n) is 1.48. The van der Waals surface area contributed by atoms with Crippen molar-refractivity contribution in [3.05, 3.63) is 34.2 Å². The van der Waals surface area contributed by atoms with Gasteiger partial charge in [0, 0.05) is 9.75 Å². The number of hydrogen-bond acceptors (Lipinski definition) is 2. The van der Waals surface area contributed by atoms with Crippen LogP contribution in [0.3, 0.4) is 0 Å². The second-order valence-corrected chi connectivity index (χ2v) is 4.47. The van der Waals surface area contributed by atoms with Gasteiger partial charge in [0.15, 0.2) is 0 Å². The van der Waals surface area contributed by atoms with Crippen LogP contribution in [0.5, 0.6) is 0 Å². The fourth-order valence-corrected chi connectivity index (χ4v) is 2.45. The van der Waals surface area contributed by atoms with Gasteiger partial charge in [0.2, 0.25) is 0 Å². The fraction of sp³-hybridized carbons (Fsp3) is 0.400. The van der Waals surface area contributed by atoms with Crippen LogP contribution in [0.2, 0.25) is 0 Å². The predicted molar refractivity (Wildman–Crippen MR) is 53.3 cm³/mol. The van der Waals surface area contributed by atoms with Gasteiger partial charge in [-0.2, -0.15) is 0 Å². The second-order valence-electron chi connectivity index (χ2n) is 3.15. The Kier molecular flexibility index (Phi) is 2.17. The lowest BCUT2D eigenvalue weighted by Gasteiger charge is -2.18. The molecule has 2 heteroatoms. The third kappa shape index (κ3) is 1.53. The van der Waals surface area contributed by atoms with Gasteiger partial charge in [-0.25, -0.2) is 0 Å². The largest absolute Gasteiger partial charge is 0.384 e. The molecule has 0 aromatic carbocycles. The molecule has 1 nitrogen and oxygen atoms in total. The molecule has 12 heavy (non-hydrogen) atoms. The van der Waals surface area contributed by atoms with Crippen LogP contribution >= 0.6 is 11.3 Å². The van der Waals surface area contributed by atoms with Crippen molar-refractivity contribution in [3.63, 3.8) is 0 Å². The zero-order valence-corrected chi connectivity index (χ0v) is 8.03. The molecule has 0 aliphatic carbocycles. The minimum absolute atomic E-state index is 0.564. The van der Waals surface area contributed by atoms with Crippen LogP contribution in [0, 0.1) is 6.92 Å². The maximum absolute atomic E-state index is 3.38. The average molecular weight is 179 g/mol. The summed E-state index contributed by atoms with van der Waals surface area (Å²) < 4.78 is 0. The van der Waals surface area contributed by atoms with Crippen molar-refractivity contribution < 1.29 is 0 Å². The van der Waals surface area contributed by atoms with Crippen LogP contribution in [0.15, 0.2) is 24.4 Å². The molecule has 64 valence electrons. The van der Waals surface area contributed by atoms with Crippen LogP contribution in [0.25, 0.3) is 0 Å². The maximum atomic E-state index is 3.38. The van der Waals surface area contributed by atoms with Gasteiger partial charge in [-0.1, -0.05) is 6.08 Å². The number of thiophene rings is 1. The molecule has 1 aliphatic heterocycles. The molecule has 1 N–H and O–H groups in total. The van der Waals surface area contributed by atoms with Crippen molar-refractivity contribution in [1.82, 2.24) is 5.32 Å². The summed E-state index contributed by atoms with van der Waals surface area (Å²) in [6.07, 6.45) is 6.70. The lowest BCUT2D eigenvalue weighted by Crippen LogP contribution is -2.16. The minimum atomic E-state index is 0.564. The van der Waals surface area contributed by atoms with Gasteiger partial charge in [0.05, 0.1) is 6.04 Å². The van der Waals surface area contributed by atoms with Crippen LogP contribution in [-0.4, -0.2) is 0 Å². The maximum Gasteiger partial charge on any atom is 0.0604 e. The van der Waals surface area contributed by atoms with Crippen LogP contribution < -0.4 is 5.32 Å². The lowest BCUT2D eigenvalue weighted by atomic mass is 10.1. The Morgan fingerprint density at radius 2 is 2.42 bits per heavy atom. The van der Waals surface area contributed by atoms with Gasteiger partial charge in [0.25, 0.3) is 0 Å². The van der Waals surface area contributed by atoms with E-state index in [1.54, 1.807) is 0 Å². The van der Waals surface area contributed by atoms with Crippen molar-refractivity contribution in [3.8, 4) is 0 Å². The summed E-state index contributed by atoms with van der Waals surface area (Å²) >= 11 is 1.90. The number of nitrogens with one attached hydrogen (secondary N) is 1. The first-order valence-corrected chi connectivity index (χ1v) is 5.15. The molecular formula is C10H13NS. The number of aryl methyl sites for hydroxylation is 1. The number of rotatable bonds is 1. The monoisotopic (exact) mass is 179 g/mol. The molecular weight excluding hydrogens is 166 g/mol. The zero-order chi connectivity index (χ0) is 8.39. The van der Waals surface area contributed by atoms with Gasteiger partial charge in [-0.3, -0.25) is 0 Å². The zero-order valence-electron chi connectivity index (χ0n) is 7.21. The van der Waals surface area contributed by atoms with Gasteiger partial charge in [0.1, 0.15) is 0 Å². The highest BCUT2D eigenvalue weighted by molar-refractivity contribution is 7.12. The molecule has 1 aliphatic rings. The average Bonchev–Trinajstić information content (AvgIpc) is 2.54. The summed E-state index contributed by atoms with van der Waals surface area (Å²) in [6.45, 7) is 2.16. The van der Waals surface area contributed by atoms with Gasteiger partial charge < -0.3 is 5.32 Å². The van der Waals surface area contributed by atoms with Gasteiger partial charge in [-0.15, -0.1) is 11.3 Å². The Morgan fingerprint density at radius 1 is 1.50 bits per heavy atom. The number of hydrogen-bond donors (Lipinski definition) is 1. The minimum Gasteiger partial charge on any atom is -0.384 e. The van der Waals surface area contributed by atoms with Crippen molar-refractivity contribution in [1.29, 1.82) is 0 Å². The van der Waals surface area contributed by atoms with Crippen LogP contribution in [-0.2, 0) is 0 Å². The Morgan fingerprint density at radius 3 is 3.00 bits per heavy atom. The smallest absolute Gasteiger partial charge is 0.0604 e. The van der Waals surface area contributed by atoms with Crippen molar-refractivity contribution in [2.24, 2.45) is 0 Å². The summed E-state index contributed by atoms with van der Waals surface area (Å²) in [6, 6.07) is 4.99. The Bertz CT molecular complexity index is 288. The molecule has 0 fully saturated rings. The van der Waals surface area contributed by atoms with Crippen molar-refractivity contribution >= 4 is 11.3 Å². The Hall–Kier alpha value is -0.760. The second kappa shape index (κ2) is 3.31. The first-order valence-electron chi connectivity index (χ1n) is 4.33. The van der Waals surface area contributed by atoms with E-state index in [1.165, 1.54) is 22.6 Å². The SMILES string of the molecule is Cc1ccc(C2CCC=CN2)s1. The van der Waals surface area contributed by atoms with E-state index in [9.17, 15) is 0 Å². The quantitative estimate of drug-likeness (QED) is 0.699. The normalized spacial score (nSPS) is 22.2. The molecule has 0 amide bonds. The molecule has 0 spiro atoms. The Balaban J connectivity index is 2.14. The van der Waals surface area contributed by atoms with E-state index in [4.69, 9.17) is 0 Å². The highest BCUT2D eigenvalue weighted by atomic mass is 32.1. The van der Waals surface area contributed by atoms with Crippen molar-refractivity contribution in [2.75, 3.05) is 0 Å². The topological polar surface area (TPSA) is 12.0 Å². The van der Waals surface area contributed by atoms with E-state index >= 15 is 0 Å². The summed E-state index contributed by atoms with van der Waals surface area (Å²) in [5.74, 6) is 0. The third-order valence-electron chi connectivity index (χ3n) is 2.14. The molecule has 0 radical (unpaired) electrons. The molecule has 2 heterocycles. The molecule has 0 saturated carbocycles. The van der Waals surface area contributed by atoms with Crippen molar-refractivity contribution in [2.45, 2.75) is 25.8 Å². The number of allylic oxidation sites excluding steroid dienone is 1. The molecule has 1 aromatic rings.